The van der Waals surface area contributed by atoms with E-state index in [1.165, 1.54) is 41.3 Å². The highest BCUT2D eigenvalue weighted by Crippen LogP contribution is 2.33. The summed E-state index contributed by atoms with van der Waals surface area (Å²) in [6, 6.07) is 3.24. The normalized spacial score (nSPS) is 17.6. The van der Waals surface area contributed by atoms with Crippen molar-refractivity contribution in [3.63, 3.8) is 0 Å². The average Bonchev–Trinajstić information content (AvgIpc) is 3.40. The van der Waals surface area contributed by atoms with Gasteiger partial charge in [-0.1, -0.05) is 0 Å². The lowest BCUT2D eigenvalue weighted by atomic mass is 9.97. The molecule has 2 aliphatic rings. The van der Waals surface area contributed by atoms with Gasteiger partial charge in [-0.25, -0.2) is 19.3 Å². The minimum Gasteiger partial charge on any atom is -0.348 e. The molecule has 8 nitrogen and oxygen atoms in total. The van der Waals surface area contributed by atoms with Gasteiger partial charge < -0.3 is 4.90 Å². The van der Waals surface area contributed by atoms with Crippen LogP contribution in [0.3, 0.4) is 0 Å². The molecule has 1 aliphatic carbocycles. The Morgan fingerprint density at radius 2 is 2.00 bits per heavy atom. The molecule has 146 valence electrons. The number of hydrogen-bond acceptors (Lipinski definition) is 7. The van der Waals surface area contributed by atoms with Gasteiger partial charge in [0, 0.05) is 30.6 Å². The molecule has 3 aromatic heterocycles. The van der Waals surface area contributed by atoms with Gasteiger partial charge in [-0.3, -0.25) is 4.79 Å². The van der Waals surface area contributed by atoms with Crippen LogP contribution in [0.15, 0.2) is 29.6 Å². The highest BCUT2D eigenvalue weighted by atomic mass is 32.1. The van der Waals surface area contributed by atoms with E-state index < -0.39 is 0 Å². The number of aryl methyl sites for hydroxylation is 2. The second kappa shape index (κ2) is 7.46. The number of hydrogen-bond donors (Lipinski definition) is 0. The molecule has 0 N–H and O–H groups in total. The number of anilines is 1. The lowest BCUT2D eigenvalue weighted by Crippen LogP contribution is -2.37. The van der Waals surface area contributed by atoms with Gasteiger partial charge >= 0.3 is 0 Å². The summed E-state index contributed by atoms with van der Waals surface area (Å²) in [4.78, 5) is 25.0. The van der Waals surface area contributed by atoms with Crippen molar-refractivity contribution in [2.24, 2.45) is 5.92 Å². The molecule has 4 heterocycles. The first-order valence-corrected chi connectivity index (χ1v) is 10.7. The van der Waals surface area contributed by atoms with E-state index in [9.17, 15) is 4.79 Å². The molecular formula is C19H23N7OS. The lowest BCUT2D eigenvalue weighted by Gasteiger charge is -2.31. The van der Waals surface area contributed by atoms with E-state index in [1.807, 2.05) is 11.3 Å². The van der Waals surface area contributed by atoms with Crippen LogP contribution >= 0.6 is 11.3 Å². The standard InChI is InChI=1S/C19H23N7OS/c27-18-6-5-17(26-13-20-12-21-26)23-25(18)11-14-7-9-24(10-8-14)19-22-15-3-1-2-4-16(15)28-19/h5-6,12-14H,1-4,7-11H2. The van der Waals surface area contributed by atoms with E-state index >= 15 is 0 Å². The summed E-state index contributed by atoms with van der Waals surface area (Å²) < 4.78 is 3.14. The largest absolute Gasteiger partial charge is 0.348 e. The highest BCUT2D eigenvalue weighted by Gasteiger charge is 2.24. The minimum atomic E-state index is -0.0705. The van der Waals surface area contributed by atoms with Crippen molar-refractivity contribution in [2.45, 2.75) is 45.1 Å². The van der Waals surface area contributed by atoms with Crippen LogP contribution < -0.4 is 10.5 Å². The van der Waals surface area contributed by atoms with Gasteiger partial charge in [0.25, 0.3) is 5.56 Å². The third-order valence-electron chi connectivity index (χ3n) is 5.66. The molecule has 1 fully saturated rings. The van der Waals surface area contributed by atoms with Gasteiger partial charge in [-0.2, -0.15) is 5.10 Å². The number of thiazole rings is 1. The third-order valence-corrected chi connectivity index (χ3v) is 6.87. The van der Waals surface area contributed by atoms with Gasteiger partial charge in [0.2, 0.25) is 0 Å². The predicted octanol–water partition coefficient (Wildman–Crippen LogP) is 2.08. The minimum absolute atomic E-state index is 0.0705. The topological polar surface area (TPSA) is 81.7 Å². The fourth-order valence-corrected chi connectivity index (χ4v) is 5.24. The van der Waals surface area contributed by atoms with Crippen molar-refractivity contribution in [1.29, 1.82) is 0 Å². The summed E-state index contributed by atoms with van der Waals surface area (Å²) in [5.41, 5.74) is 1.26. The Labute approximate surface area is 166 Å². The van der Waals surface area contributed by atoms with Crippen molar-refractivity contribution >= 4 is 16.5 Å². The van der Waals surface area contributed by atoms with Crippen molar-refractivity contribution < 1.29 is 0 Å². The highest BCUT2D eigenvalue weighted by molar-refractivity contribution is 7.15. The summed E-state index contributed by atoms with van der Waals surface area (Å²) >= 11 is 1.88. The van der Waals surface area contributed by atoms with Gasteiger partial charge in [-0.05, 0) is 50.5 Å². The van der Waals surface area contributed by atoms with E-state index in [-0.39, 0.29) is 5.56 Å². The molecule has 0 spiro atoms. The molecule has 0 saturated carbocycles. The smallest absolute Gasteiger partial charge is 0.266 e. The van der Waals surface area contributed by atoms with E-state index in [2.05, 4.69) is 20.1 Å². The zero-order valence-electron chi connectivity index (χ0n) is 15.7. The number of fused-ring (bicyclic) bond motifs is 1. The molecule has 1 aliphatic heterocycles. The van der Waals surface area contributed by atoms with Crippen LogP contribution in [0, 0.1) is 5.92 Å². The molecule has 9 heteroatoms. The van der Waals surface area contributed by atoms with Gasteiger partial charge in [-0.15, -0.1) is 16.4 Å². The maximum absolute atomic E-state index is 12.2. The van der Waals surface area contributed by atoms with Crippen molar-refractivity contribution in [2.75, 3.05) is 18.0 Å². The van der Waals surface area contributed by atoms with Gasteiger partial charge in [0.05, 0.1) is 5.69 Å². The second-order valence-electron chi connectivity index (χ2n) is 7.56. The Morgan fingerprint density at radius 1 is 1.14 bits per heavy atom. The first-order chi connectivity index (χ1) is 13.8. The molecule has 0 radical (unpaired) electrons. The second-order valence-corrected chi connectivity index (χ2v) is 8.62. The maximum atomic E-state index is 12.2. The third kappa shape index (κ3) is 3.46. The van der Waals surface area contributed by atoms with Crippen LogP contribution in [-0.2, 0) is 19.4 Å². The van der Waals surface area contributed by atoms with Crippen molar-refractivity contribution in [3.05, 3.63) is 45.7 Å². The first kappa shape index (κ1) is 17.5. The molecule has 28 heavy (non-hydrogen) atoms. The molecular weight excluding hydrogens is 374 g/mol. The van der Waals surface area contributed by atoms with Crippen molar-refractivity contribution in [3.8, 4) is 5.82 Å². The zero-order valence-corrected chi connectivity index (χ0v) is 16.5. The van der Waals surface area contributed by atoms with Crippen LogP contribution in [0.2, 0.25) is 0 Å². The maximum Gasteiger partial charge on any atom is 0.266 e. The summed E-state index contributed by atoms with van der Waals surface area (Å²) in [5.74, 6) is 1.06. The van der Waals surface area contributed by atoms with Crippen LogP contribution in [0.5, 0.6) is 0 Å². The Hall–Kier alpha value is -2.55. The van der Waals surface area contributed by atoms with Crippen LogP contribution in [0.1, 0.15) is 36.3 Å². The quantitative estimate of drug-likeness (QED) is 0.670. The molecule has 3 aromatic rings. The van der Waals surface area contributed by atoms with Crippen LogP contribution in [0.4, 0.5) is 5.13 Å². The Balaban J connectivity index is 1.25. The zero-order chi connectivity index (χ0) is 18.9. The predicted molar refractivity (Wildman–Crippen MR) is 107 cm³/mol. The summed E-state index contributed by atoms with van der Waals surface area (Å²) in [6.45, 7) is 2.63. The average molecular weight is 398 g/mol. The molecule has 0 unspecified atom stereocenters. The number of nitrogens with zero attached hydrogens (tertiary/aromatic N) is 7. The first-order valence-electron chi connectivity index (χ1n) is 9.93. The lowest BCUT2D eigenvalue weighted by molar-refractivity contribution is 0.334. The monoisotopic (exact) mass is 397 g/mol. The summed E-state index contributed by atoms with van der Waals surface area (Å²) in [6.07, 6.45) is 10.0. The Morgan fingerprint density at radius 3 is 2.79 bits per heavy atom. The molecule has 0 amide bonds. The number of rotatable bonds is 4. The van der Waals surface area contributed by atoms with Gasteiger partial charge in [0.15, 0.2) is 10.9 Å². The van der Waals surface area contributed by atoms with E-state index in [0.29, 0.717) is 18.3 Å². The number of aromatic nitrogens is 6. The molecule has 0 aromatic carbocycles. The fraction of sp³-hybridized carbons (Fsp3) is 0.526. The Bertz CT molecular complexity index is 978. The van der Waals surface area contributed by atoms with Crippen LogP contribution in [-0.4, -0.2) is 42.6 Å². The summed E-state index contributed by atoms with van der Waals surface area (Å²) in [5, 5.41) is 9.75. The molecule has 0 bridgehead atoms. The Kier molecular flexibility index (Phi) is 4.67. The fourth-order valence-electron chi connectivity index (χ4n) is 4.04. The van der Waals surface area contributed by atoms with Crippen LogP contribution in [0.25, 0.3) is 5.82 Å². The van der Waals surface area contributed by atoms with E-state index in [1.54, 1.807) is 27.8 Å². The van der Waals surface area contributed by atoms with Crippen molar-refractivity contribution in [1.82, 2.24) is 29.5 Å². The molecule has 0 atom stereocenters. The number of piperidine rings is 1. The summed E-state index contributed by atoms with van der Waals surface area (Å²) in [7, 11) is 0. The van der Waals surface area contributed by atoms with Gasteiger partial charge in [0.1, 0.15) is 12.7 Å². The molecule has 5 rings (SSSR count). The SMILES string of the molecule is O=c1ccc(-n2cncn2)nn1CC1CCN(c2nc3c(s2)CCCC3)CC1. The van der Waals surface area contributed by atoms with E-state index in [0.717, 1.165) is 32.4 Å². The molecule has 1 saturated heterocycles. The van der Waals surface area contributed by atoms with E-state index in [4.69, 9.17) is 4.98 Å².